The van der Waals surface area contributed by atoms with Crippen molar-refractivity contribution in [2.75, 3.05) is 14.1 Å². The maximum atomic E-state index is 12.3. The van der Waals surface area contributed by atoms with Gasteiger partial charge in [-0.15, -0.1) is 0 Å². The number of nitrogens with zero attached hydrogens (tertiary/aromatic N) is 2. The molecular formula is C20H22N2O. The van der Waals surface area contributed by atoms with Crippen LogP contribution in [0.15, 0.2) is 54.6 Å². The summed E-state index contributed by atoms with van der Waals surface area (Å²) >= 11 is 0. The Morgan fingerprint density at radius 1 is 1.00 bits per heavy atom. The lowest BCUT2D eigenvalue weighted by molar-refractivity contribution is 0.0827. The highest BCUT2D eigenvalue weighted by Crippen LogP contribution is 2.32. The van der Waals surface area contributed by atoms with E-state index in [2.05, 4.69) is 48.7 Å². The van der Waals surface area contributed by atoms with Crippen LogP contribution < -0.4 is 0 Å². The van der Waals surface area contributed by atoms with Crippen molar-refractivity contribution >= 4 is 16.8 Å². The predicted molar refractivity (Wildman–Crippen MR) is 95.8 cm³/mol. The van der Waals surface area contributed by atoms with Crippen molar-refractivity contribution in [1.29, 1.82) is 0 Å². The highest BCUT2D eigenvalue weighted by atomic mass is 16.2. The summed E-state index contributed by atoms with van der Waals surface area (Å²) in [5.41, 5.74) is 4.21. The van der Waals surface area contributed by atoms with Gasteiger partial charge in [-0.25, -0.2) is 0 Å². The minimum atomic E-state index is 0.0321. The lowest BCUT2D eigenvalue weighted by atomic mass is 10.1. The molecule has 3 rings (SSSR count). The Hall–Kier alpha value is -2.55. The smallest absolute Gasteiger partial charge is 0.253 e. The first-order chi connectivity index (χ1) is 11.0. The molecule has 0 aliphatic rings. The summed E-state index contributed by atoms with van der Waals surface area (Å²) in [6.07, 6.45) is 0. The molecule has 2 aromatic carbocycles. The second-order valence-corrected chi connectivity index (χ2v) is 6.33. The van der Waals surface area contributed by atoms with Gasteiger partial charge in [0, 0.05) is 42.3 Å². The standard InChI is InChI=1S/C20H22N2O/c1-14(2)22-18(15-8-6-5-7-9-15)12-16-10-11-17(13-19(16)22)20(23)21(3)4/h5-14H,1-4H3. The van der Waals surface area contributed by atoms with E-state index in [1.807, 2.05) is 24.3 Å². The molecule has 0 saturated carbocycles. The van der Waals surface area contributed by atoms with E-state index in [4.69, 9.17) is 0 Å². The maximum Gasteiger partial charge on any atom is 0.253 e. The fourth-order valence-corrected chi connectivity index (χ4v) is 3.00. The van der Waals surface area contributed by atoms with Crippen LogP contribution in [0.1, 0.15) is 30.2 Å². The van der Waals surface area contributed by atoms with Crippen LogP contribution in [0.5, 0.6) is 0 Å². The number of rotatable bonds is 3. The highest BCUT2D eigenvalue weighted by molar-refractivity contribution is 5.99. The van der Waals surface area contributed by atoms with Gasteiger partial charge in [0.2, 0.25) is 0 Å². The van der Waals surface area contributed by atoms with Crippen LogP contribution in [0.2, 0.25) is 0 Å². The molecule has 0 unspecified atom stereocenters. The molecule has 3 aromatic rings. The largest absolute Gasteiger partial charge is 0.345 e. The maximum absolute atomic E-state index is 12.3. The third-order valence-corrected chi connectivity index (χ3v) is 4.08. The summed E-state index contributed by atoms with van der Waals surface area (Å²) < 4.78 is 2.30. The number of amides is 1. The molecule has 0 aliphatic heterocycles. The molecule has 1 heterocycles. The van der Waals surface area contributed by atoms with Gasteiger partial charge in [0.05, 0.1) is 0 Å². The molecule has 1 aromatic heterocycles. The molecule has 0 aliphatic carbocycles. The first kappa shape index (κ1) is 15.3. The molecule has 3 nitrogen and oxygen atoms in total. The monoisotopic (exact) mass is 306 g/mol. The van der Waals surface area contributed by atoms with Crippen LogP contribution in [-0.4, -0.2) is 29.5 Å². The van der Waals surface area contributed by atoms with Gasteiger partial charge in [-0.2, -0.15) is 0 Å². The first-order valence-electron chi connectivity index (χ1n) is 7.91. The number of carbonyl (C=O) groups excluding carboxylic acids is 1. The van der Waals surface area contributed by atoms with Crippen molar-refractivity contribution in [2.45, 2.75) is 19.9 Å². The molecule has 118 valence electrons. The molecule has 0 saturated heterocycles. The summed E-state index contributed by atoms with van der Waals surface area (Å²) in [5.74, 6) is 0.0321. The SMILES string of the molecule is CC(C)n1c(-c2ccccc2)cc2ccc(C(=O)N(C)C)cc21. The lowest BCUT2D eigenvalue weighted by Gasteiger charge is -2.16. The summed E-state index contributed by atoms with van der Waals surface area (Å²) in [6.45, 7) is 4.35. The molecule has 1 amide bonds. The Balaban J connectivity index is 2.24. The molecule has 23 heavy (non-hydrogen) atoms. The summed E-state index contributed by atoms with van der Waals surface area (Å²) in [4.78, 5) is 13.9. The molecule has 0 spiro atoms. The van der Waals surface area contributed by atoms with E-state index in [0.29, 0.717) is 6.04 Å². The van der Waals surface area contributed by atoms with Gasteiger partial charge in [0.15, 0.2) is 0 Å². The van der Waals surface area contributed by atoms with Crippen LogP contribution >= 0.6 is 0 Å². The lowest BCUT2D eigenvalue weighted by Crippen LogP contribution is -2.21. The van der Waals surface area contributed by atoms with E-state index in [1.165, 1.54) is 11.3 Å². The van der Waals surface area contributed by atoms with Gasteiger partial charge >= 0.3 is 0 Å². The summed E-state index contributed by atoms with van der Waals surface area (Å²) in [7, 11) is 3.56. The fourth-order valence-electron chi connectivity index (χ4n) is 3.00. The van der Waals surface area contributed by atoms with E-state index in [9.17, 15) is 4.79 Å². The zero-order valence-electron chi connectivity index (χ0n) is 14.1. The van der Waals surface area contributed by atoms with Crippen LogP contribution in [0, 0.1) is 0 Å². The number of carbonyl (C=O) groups is 1. The average Bonchev–Trinajstić information content (AvgIpc) is 2.93. The fraction of sp³-hybridized carbons (Fsp3) is 0.250. The molecule has 0 bridgehead atoms. The second-order valence-electron chi connectivity index (χ2n) is 6.33. The normalized spacial score (nSPS) is 11.2. The number of fused-ring (bicyclic) bond motifs is 1. The zero-order chi connectivity index (χ0) is 16.6. The van der Waals surface area contributed by atoms with Crippen LogP contribution in [-0.2, 0) is 0 Å². The van der Waals surface area contributed by atoms with Crippen LogP contribution in [0.4, 0.5) is 0 Å². The summed E-state index contributed by atoms with van der Waals surface area (Å²) in [5, 5.41) is 1.16. The van der Waals surface area contributed by atoms with E-state index in [0.717, 1.165) is 16.5 Å². The minimum absolute atomic E-state index is 0.0321. The Morgan fingerprint density at radius 2 is 1.70 bits per heavy atom. The van der Waals surface area contributed by atoms with Gasteiger partial charge in [-0.1, -0.05) is 36.4 Å². The Morgan fingerprint density at radius 3 is 2.30 bits per heavy atom. The van der Waals surface area contributed by atoms with Gasteiger partial charge in [-0.05, 0) is 37.6 Å². The van der Waals surface area contributed by atoms with E-state index in [1.54, 1.807) is 19.0 Å². The van der Waals surface area contributed by atoms with Gasteiger partial charge in [0.25, 0.3) is 5.91 Å². The Labute approximate surface area is 137 Å². The Bertz CT molecular complexity index is 845. The first-order valence-corrected chi connectivity index (χ1v) is 7.91. The molecule has 0 radical (unpaired) electrons. The number of hydrogen-bond acceptors (Lipinski definition) is 1. The quantitative estimate of drug-likeness (QED) is 0.694. The average molecular weight is 306 g/mol. The zero-order valence-corrected chi connectivity index (χ0v) is 14.1. The van der Waals surface area contributed by atoms with E-state index >= 15 is 0 Å². The highest BCUT2D eigenvalue weighted by Gasteiger charge is 2.15. The van der Waals surface area contributed by atoms with E-state index in [-0.39, 0.29) is 5.91 Å². The third kappa shape index (κ3) is 2.74. The summed E-state index contributed by atoms with van der Waals surface area (Å²) in [6, 6.07) is 18.8. The minimum Gasteiger partial charge on any atom is -0.345 e. The van der Waals surface area contributed by atoms with Gasteiger partial charge in [0.1, 0.15) is 0 Å². The van der Waals surface area contributed by atoms with Crippen molar-refractivity contribution in [2.24, 2.45) is 0 Å². The molecule has 0 atom stereocenters. The van der Waals surface area contributed by atoms with Gasteiger partial charge < -0.3 is 9.47 Å². The van der Waals surface area contributed by atoms with E-state index < -0.39 is 0 Å². The second kappa shape index (κ2) is 5.92. The number of hydrogen-bond donors (Lipinski definition) is 0. The Kier molecular flexibility index (Phi) is 3.95. The molecular weight excluding hydrogens is 284 g/mol. The van der Waals surface area contributed by atoms with Crippen LogP contribution in [0.3, 0.4) is 0 Å². The molecule has 0 fully saturated rings. The van der Waals surface area contributed by atoms with Crippen LogP contribution in [0.25, 0.3) is 22.2 Å². The third-order valence-electron chi connectivity index (χ3n) is 4.08. The van der Waals surface area contributed by atoms with Crippen molar-refractivity contribution in [3.05, 3.63) is 60.2 Å². The molecule has 3 heteroatoms. The molecule has 0 N–H and O–H groups in total. The van der Waals surface area contributed by atoms with Crippen molar-refractivity contribution in [3.63, 3.8) is 0 Å². The van der Waals surface area contributed by atoms with Crippen molar-refractivity contribution < 1.29 is 4.79 Å². The topological polar surface area (TPSA) is 25.2 Å². The van der Waals surface area contributed by atoms with Gasteiger partial charge in [-0.3, -0.25) is 4.79 Å². The van der Waals surface area contributed by atoms with Crippen molar-refractivity contribution in [1.82, 2.24) is 9.47 Å². The number of aromatic nitrogens is 1. The predicted octanol–water partition coefficient (Wildman–Crippen LogP) is 4.59. The van der Waals surface area contributed by atoms with Crippen molar-refractivity contribution in [3.8, 4) is 11.3 Å². The number of benzene rings is 2.